The van der Waals surface area contributed by atoms with Gasteiger partial charge in [0, 0.05) is 35.2 Å². The maximum Gasteiger partial charge on any atom is 0.175 e. The van der Waals surface area contributed by atoms with Crippen molar-refractivity contribution < 1.29 is 8.42 Å². The van der Waals surface area contributed by atoms with Gasteiger partial charge in [0.05, 0.1) is 10.4 Å². The van der Waals surface area contributed by atoms with Crippen LogP contribution >= 0.6 is 0 Å². The van der Waals surface area contributed by atoms with E-state index in [1.807, 2.05) is 13.0 Å². The van der Waals surface area contributed by atoms with E-state index in [9.17, 15) is 8.42 Å². The molecule has 0 saturated carbocycles. The molecular formula is C15H18N4O2S. The van der Waals surface area contributed by atoms with E-state index in [-0.39, 0.29) is 17.0 Å². The number of sulfone groups is 1. The van der Waals surface area contributed by atoms with Crippen molar-refractivity contribution in [2.24, 2.45) is 11.0 Å². The molecule has 1 aliphatic heterocycles. The second-order valence-electron chi connectivity index (χ2n) is 5.60. The van der Waals surface area contributed by atoms with Gasteiger partial charge in [0.15, 0.2) is 9.84 Å². The number of anilines is 1. The summed E-state index contributed by atoms with van der Waals surface area (Å²) in [5.74, 6) is 0.251. The van der Waals surface area contributed by atoms with Crippen LogP contribution in [0.2, 0.25) is 0 Å². The van der Waals surface area contributed by atoms with Crippen LogP contribution in [0.15, 0.2) is 40.5 Å². The summed E-state index contributed by atoms with van der Waals surface area (Å²) in [5, 5.41) is 8.39. The summed E-state index contributed by atoms with van der Waals surface area (Å²) in [6.45, 7) is 4.06. The highest BCUT2D eigenvalue weighted by Gasteiger charge is 2.25. The van der Waals surface area contributed by atoms with Crippen molar-refractivity contribution in [1.82, 2.24) is 10.4 Å². The second kappa shape index (κ2) is 5.24. The normalized spacial score (nSPS) is 21.5. The molecule has 2 heterocycles. The third-order valence-electron chi connectivity index (χ3n) is 3.99. The number of benzene rings is 1. The van der Waals surface area contributed by atoms with Gasteiger partial charge in [0.2, 0.25) is 0 Å². The lowest BCUT2D eigenvalue weighted by Gasteiger charge is -2.20. The first-order valence-electron chi connectivity index (χ1n) is 7.01. The monoisotopic (exact) mass is 318 g/mol. The van der Waals surface area contributed by atoms with Gasteiger partial charge in [-0.15, -0.1) is 0 Å². The molecular weight excluding hydrogens is 300 g/mol. The van der Waals surface area contributed by atoms with Gasteiger partial charge in [-0.05, 0) is 31.2 Å². The van der Waals surface area contributed by atoms with Crippen molar-refractivity contribution in [3.05, 3.63) is 30.5 Å². The Bertz CT molecular complexity index is 861. The number of hydrogen-bond donors (Lipinski definition) is 2. The molecule has 2 N–H and O–H groups in total. The molecule has 2 aromatic rings. The van der Waals surface area contributed by atoms with E-state index in [0.717, 1.165) is 22.3 Å². The number of fused-ring (bicyclic) bond motifs is 1. The standard InChI is InChI=1S/C15H18N4O2S/c1-9-10(2)18-19-15(9)17-14-6-7-16-13-5-4-11(8-12(13)14)22(3,20)21/h4-9,15,19H,1-3H3,(H,16,17). The lowest BCUT2D eigenvalue weighted by molar-refractivity contribution is 0.555. The molecule has 2 atom stereocenters. The topological polar surface area (TPSA) is 83.4 Å². The van der Waals surface area contributed by atoms with Crippen molar-refractivity contribution in [2.75, 3.05) is 11.6 Å². The second-order valence-corrected chi connectivity index (χ2v) is 7.62. The SMILES string of the molecule is CC1=NNC(Nc2ccnc3ccc(S(C)(=O)=O)cc23)C1C. The van der Waals surface area contributed by atoms with Gasteiger partial charge in [-0.25, -0.2) is 8.42 Å². The molecule has 6 nitrogen and oxygen atoms in total. The van der Waals surface area contributed by atoms with Crippen molar-refractivity contribution >= 4 is 32.1 Å². The summed E-state index contributed by atoms with van der Waals surface area (Å²) < 4.78 is 23.5. The number of pyridine rings is 1. The molecule has 1 aromatic heterocycles. The van der Waals surface area contributed by atoms with E-state index in [4.69, 9.17) is 0 Å². The van der Waals surface area contributed by atoms with Gasteiger partial charge in [0.25, 0.3) is 0 Å². The molecule has 0 spiro atoms. The van der Waals surface area contributed by atoms with Crippen LogP contribution in [-0.2, 0) is 9.84 Å². The summed E-state index contributed by atoms with van der Waals surface area (Å²) in [5.41, 5.74) is 5.68. The van der Waals surface area contributed by atoms with Crippen molar-refractivity contribution in [1.29, 1.82) is 0 Å². The van der Waals surface area contributed by atoms with Crippen LogP contribution < -0.4 is 10.7 Å². The molecule has 116 valence electrons. The molecule has 0 fully saturated rings. The first kappa shape index (κ1) is 14.8. The average Bonchev–Trinajstić information content (AvgIpc) is 2.78. The lowest BCUT2D eigenvalue weighted by Crippen LogP contribution is -2.35. The van der Waals surface area contributed by atoms with E-state index in [1.54, 1.807) is 24.4 Å². The van der Waals surface area contributed by atoms with Gasteiger partial charge in [0.1, 0.15) is 6.17 Å². The van der Waals surface area contributed by atoms with Crippen molar-refractivity contribution in [3.63, 3.8) is 0 Å². The highest BCUT2D eigenvalue weighted by atomic mass is 32.2. The Kier molecular flexibility index (Phi) is 3.52. The minimum Gasteiger partial charge on any atom is -0.363 e. The largest absolute Gasteiger partial charge is 0.363 e. The number of hydrazone groups is 1. The van der Waals surface area contributed by atoms with Crippen LogP contribution in [0, 0.1) is 5.92 Å². The van der Waals surface area contributed by atoms with E-state index in [0.29, 0.717) is 0 Å². The van der Waals surface area contributed by atoms with E-state index in [1.165, 1.54) is 6.26 Å². The van der Waals surface area contributed by atoms with E-state index >= 15 is 0 Å². The quantitative estimate of drug-likeness (QED) is 0.904. The lowest BCUT2D eigenvalue weighted by atomic mass is 10.0. The van der Waals surface area contributed by atoms with Crippen LogP contribution in [0.3, 0.4) is 0 Å². The molecule has 1 aromatic carbocycles. The zero-order valence-electron chi connectivity index (χ0n) is 12.7. The predicted octanol–water partition coefficient (Wildman–Crippen LogP) is 1.99. The minimum atomic E-state index is -3.25. The smallest absolute Gasteiger partial charge is 0.175 e. The molecule has 2 unspecified atom stereocenters. The summed E-state index contributed by atoms with van der Waals surface area (Å²) >= 11 is 0. The molecule has 7 heteroatoms. The summed E-state index contributed by atoms with van der Waals surface area (Å²) in [6.07, 6.45) is 2.89. The van der Waals surface area contributed by atoms with Crippen LogP contribution in [0.25, 0.3) is 10.9 Å². The highest BCUT2D eigenvalue weighted by molar-refractivity contribution is 7.90. The summed E-state index contributed by atoms with van der Waals surface area (Å²) in [6, 6.07) is 6.81. The number of rotatable bonds is 3. The van der Waals surface area contributed by atoms with Gasteiger partial charge in [-0.3, -0.25) is 10.4 Å². The fraction of sp³-hybridized carbons (Fsp3) is 0.333. The third-order valence-corrected chi connectivity index (χ3v) is 5.10. The maximum atomic E-state index is 11.8. The maximum absolute atomic E-state index is 11.8. The Morgan fingerprint density at radius 1 is 1.27 bits per heavy atom. The molecule has 0 amide bonds. The fourth-order valence-corrected chi connectivity index (χ4v) is 3.08. The molecule has 22 heavy (non-hydrogen) atoms. The zero-order chi connectivity index (χ0) is 15.9. The zero-order valence-corrected chi connectivity index (χ0v) is 13.5. The van der Waals surface area contributed by atoms with Gasteiger partial charge in [-0.2, -0.15) is 5.10 Å². The third kappa shape index (κ3) is 2.64. The average molecular weight is 318 g/mol. The van der Waals surface area contributed by atoms with Crippen LogP contribution in [-0.4, -0.2) is 31.5 Å². The summed E-state index contributed by atoms with van der Waals surface area (Å²) in [7, 11) is -3.25. The van der Waals surface area contributed by atoms with E-state index < -0.39 is 9.84 Å². The Hall–Kier alpha value is -2.15. The first-order chi connectivity index (χ1) is 10.4. The van der Waals surface area contributed by atoms with Crippen LogP contribution in [0.4, 0.5) is 5.69 Å². The van der Waals surface area contributed by atoms with Crippen molar-refractivity contribution in [3.8, 4) is 0 Å². The number of aromatic nitrogens is 1. The molecule has 1 aliphatic rings. The number of nitrogens with zero attached hydrogens (tertiary/aromatic N) is 2. The van der Waals surface area contributed by atoms with Gasteiger partial charge in [-0.1, -0.05) is 6.92 Å². The highest BCUT2D eigenvalue weighted by Crippen LogP contribution is 2.26. The number of nitrogens with one attached hydrogen (secondary N) is 2. The van der Waals surface area contributed by atoms with Crippen molar-refractivity contribution in [2.45, 2.75) is 24.9 Å². The molecule has 3 rings (SSSR count). The minimum absolute atomic E-state index is 0.0208. The fourth-order valence-electron chi connectivity index (χ4n) is 2.43. The molecule has 0 saturated heterocycles. The molecule has 0 bridgehead atoms. The number of hydrogen-bond acceptors (Lipinski definition) is 6. The van der Waals surface area contributed by atoms with Gasteiger partial charge < -0.3 is 5.32 Å². The molecule has 0 radical (unpaired) electrons. The predicted molar refractivity (Wildman–Crippen MR) is 87.7 cm³/mol. The summed E-state index contributed by atoms with van der Waals surface area (Å²) in [4.78, 5) is 4.58. The van der Waals surface area contributed by atoms with E-state index in [2.05, 4.69) is 27.8 Å². The first-order valence-corrected chi connectivity index (χ1v) is 8.90. The Morgan fingerprint density at radius 3 is 2.68 bits per heavy atom. The Balaban J connectivity index is 2.02. The van der Waals surface area contributed by atoms with Crippen LogP contribution in [0.5, 0.6) is 0 Å². The van der Waals surface area contributed by atoms with Crippen LogP contribution in [0.1, 0.15) is 13.8 Å². The van der Waals surface area contributed by atoms with Gasteiger partial charge >= 0.3 is 0 Å². The Morgan fingerprint density at radius 2 is 2.05 bits per heavy atom. The Labute approximate surface area is 129 Å². The molecule has 0 aliphatic carbocycles.